The summed E-state index contributed by atoms with van der Waals surface area (Å²) in [5.74, 6) is 0. The van der Waals surface area contributed by atoms with Crippen LogP contribution in [-0.4, -0.2) is 39.9 Å². The fourth-order valence-corrected chi connectivity index (χ4v) is 1.36. The smallest absolute Gasteiger partial charge is 0.114 e. The average Bonchev–Trinajstić information content (AvgIpc) is 2.96. The summed E-state index contributed by atoms with van der Waals surface area (Å²) in [6, 6.07) is 2.01. The predicted molar refractivity (Wildman–Crippen MR) is 72.7 cm³/mol. The molecular formula is C13H26N2O2. The van der Waals surface area contributed by atoms with Gasteiger partial charge in [-0.2, -0.15) is 0 Å². The molecule has 0 bridgehead atoms. The van der Waals surface area contributed by atoms with Gasteiger partial charge >= 0.3 is 0 Å². The van der Waals surface area contributed by atoms with E-state index in [1.807, 2.05) is 26.8 Å². The van der Waals surface area contributed by atoms with Gasteiger partial charge in [-0.3, -0.25) is 0 Å². The van der Waals surface area contributed by atoms with Gasteiger partial charge in [-0.15, -0.1) is 0 Å². The van der Waals surface area contributed by atoms with Gasteiger partial charge in [-0.25, -0.2) is 0 Å². The van der Waals surface area contributed by atoms with E-state index in [0.717, 1.165) is 32.8 Å². The monoisotopic (exact) mass is 242 g/mol. The Bertz CT molecular complexity index is 230. The molecular weight excluding hydrogens is 216 g/mol. The van der Waals surface area contributed by atoms with Gasteiger partial charge in [0, 0.05) is 39.9 Å². The maximum absolute atomic E-state index is 5.01. The first kappa shape index (κ1) is 16.0. The Morgan fingerprint density at radius 1 is 1.35 bits per heavy atom. The van der Waals surface area contributed by atoms with Gasteiger partial charge in [-0.1, -0.05) is 13.8 Å². The zero-order chi connectivity index (χ0) is 12.9. The van der Waals surface area contributed by atoms with E-state index < -0.39 is 0 Å². The third-order valence-electron chi connectivity index (χ3n) is 2.28. The molecule has 1 N–H and O–H groups in total. The molecule has 1 fully saturated rings. The summed E-state index contributed by atoms with van der Waals surface area (Å²) in [6.45, 7) is 11.1. The second-order valence-corrected chi connectivity index (χ2v) is 3.30. The van der Waals surface area contributed by atoms with Crippen LogP contribution in [0.1, 0.15) is 20.8 Å². The van der Waals surface area contributed by atoms with E-state index in [9.17, 15) is 0 Å². The first-order valence-corrected chi connectivity index (χ1v) is 6.35. The Balaban J connectivity index is 0.000000368. The van der Waals surface area contributed by atoms with Crippen molar-refractivity contribution in [3.8, 4) is 0 Å². The number of hydrogen-bond acceptors (Lipinski definition) is 4. The first-order chi connectivity index (χ1) is 8.38. The number of anilines is 1. The van der Waals surface area contributed by atoms with E-state index in [2.05, 4.69) is 15.0 Å². The molecule has 0 unspecified atom stereocenters. The Morgan fingerprint density at radius 2 is 1.94 bits per heavy atom. The zero-order valence-corrected chi connectivity index (χ0v) is 11.5. The minimum Gasteiger partial charge on any atom is -0.470 e. The van der Waals surface area contributed by atoms with Gasteiger partial charge in [0.2, 0.25) is 0 Å². The van der Waals surface area contributed by atoms with E-state index in [1.165, 1.54) is 5.69 Å². The van der Waals surface area contributed by atoms with Crippen LogP contribution in [0.3, 0.4) is 0 Å². The quantitative estimate of drug-likeness (QED) is 0.864. The van der Waals surface area contributed by atoms with Crippen molar-refractivity contribution in [1.82, 2.24) is 5.32 Å². The van der Waals surface area contributed by atoms with Crippen molar-refractivity contribution in [2.24, 2.45) is 0 Å². The van der Waals surface area contributed by atoms with Gasteiger partial charge in [0.15, 0.2) is 0 Å². The Labute approximate surface area is 105 Å². The summed E-state index contributed by atoms with van der Waals surface area (Å²) < 4.78 is 9.55. The molecule has 4 heteroatoms. The summed E-state index contributed by atoms with van der Waals surface area (Å²) in [5.41, 5.74) is 1.20. The normalized spacial score (nSPS) is 14.2. The van der Waals surface area contributed by atoms with Gasteiger partial charge < -0.3 is 19.4 Å². The average molecular weight is 242 g/mol. The van der Waals surface area contributed by atoms with Crippen LogP contribution < -0.4 is 10.2 Å². The predicted octanol–water partition coefficient (Wildman–Crippen LogP) is 2.37. The van der Waals surface area contributed by atoms with E-state index in [4.69, 9.17) is 4.42 Å². The Kier molecular flexibility index (Phi) is 10.8. The highest BCUT2D eigenvalue weighted by atomic mass is 16.5. The number of nitrogens with zero attached hydrogens (tertiary/aromatic N) is 1. The molecule has 17 heavy (non-hydrogen) atoms. The van der Waals surface area contributed by atoms with E-state index in [-0.39, 0.29) is 0 Å². The maximum Gasteiger partial charge on any atom is 0.114 e. The summed E-state index contributed by atoms with van der Waals surface area (Å²) in [4.78, 5) is 2.32. The summed E-state index contributed by atoms with van der Waals surface area (Å²) in [5, 5.41) is 3.30. The summed E-state index contributed by atoms with van der Waals surface area (Å²) in [6.07, 6.45) is 3.52. The molecule has 0 atom stereocenters. The molecule has 0 amide bonds. The maximum atomic E-state index is 5.01. The third-order valence-corrected chi connectivity index (χ3v) is 2.28. The largest absolute Gasteiger partial charge is 0.470 e. The minimum absolute atomic E-state index is 0.819. The molecule has 0 saturated carbocycles. The highest BCUT2D eigenvalue weighted by molar-refractivity contribution is 5.43. The molecule has 1 aromatic rings. The number of methoxy groups -OCH3 is 1. The number of hydrogen-bond donors (Lipinski definition) is 1. The molecule has 0 spiro atoms. The fourth-order valence-electron chi connectivity index (χ4n) is 1.36. The van der Waals surface area contributed by atoms with E-state index in [1.54, 1.807) is 19.6 Å². The van der Waals surface area contributed by atoms with Gasteiger partial charge in [0.1, 0.15) is 6.26 Å². The Morgan fingerprint density at radius 3 is 2.35 bits per heavy atom. The van der Waals surface area contributed by atoms with E-state index in [0.29, 0.717) is 0 Å². The van der Waals surface area contributed by atoms with Crippen LogP contribution in [0.4, 0.5) is 5.69 Å². The lowest BCUT2D eigenvalue weighted by Gasteiger charge is -2.27. The second kappa shape index (κ2) is 11.5. The summed E-state index contributed by atoms with van der Waals surface area (Å²) >= 11 is 0. The molecule has 1 saturated heterocycles. The standard InChI is InChI=1S/C8H12N2O.C3H8O.C2H6/c1-6-11-7-8(1)10-4-2-9-3-5-10;1-3-4-2;1-2/h1,6-7,9H,2-5H2;3H2,1-2H3;1-2H3. The number of ether oxygens (including phenoxy) is 1. The lowest BCUT2D eigenvalue weighted by atomic mass is 10.3. The number of rotatable bonds is 2. The van der Waals surface area contributed by atoms with Crippen LogP contribution >= 0.6 is 0 Å². The third kappa shape index (κ3) is 7.02. The number of nitrogens with one attached hydrogen (secondary N) is 1. The van der Waals surface area contributed by atoms with Crippen molar-refractivity contribution in [2.75, 3.05) is 44.8 Å². The number of furan rings is 1. The highest BCUT2D eigenvalue weighted by Crippen LogP contribution is 2.13. The second-order valence-electron chi connectivity index (χ2n) is 3.30. The molecule has 0 aliphatic carbocycles. The zero-order valence-electron chi connectivity index (χ0n) is 11.5. The molecule has 0 aromatic carbocycles. The topological polar surface area (TPSA) is 37.6 Å². The van der Waals surface area contributed by atoms with E-state index >= 15 is 0 Å². The molecule has 1 aromatic heterocycles. The van der Waals surface area contributed by atoms with Crippen molar-refractivity contribution in [1.29, 1.82) is 0 Å². The first-order valence-electron chi connectivity index (χ1n) is 6.35. The summed E-state index contributed by atoms with van der Waals surface area (Å²) in [7, 11) is 1.68. The lowest BCUT2D eigenvalue weighted by Crippen LogP contribution is -2.43. The SMILES string of the molecule is CC.CCOC.c1cc(N2CCNCC2)co1. The fraction of sp³-hybridized carbons (Fsp3) is 0.692. The molecule has 0 radical (unpaired) electrons. The Hall–Kier alpha value is -1.00. The minimum atomic E-state index is 0.819. The van der Waals surface area contributed by atoms with Crippen LogP contribution in [0.5, 0.6) is 0 Å². The molecule has 2 heterocycles. The van der Waals surface area contributed by atoms with Crippen LogP contribution in [0.25, 0.3) is 0 Å². The van der Waals surface area contributed by atoms with Crippen molar-refractivity contribution in [3.05, 3.63) is 18.6 Å². The van der Waals surface area contributed by atoms with Crippen LogP contribution in [0.15, 0.2) is 23.0 Å². The van der Waals surface area contributed by atoms with Crippen molar-refractivity contribution >= 4 is 5.69 Å². The van der Waals surface area contributed by atoms with Crippen LogP contribution in [0.2, 0.25) is 0 Å². The van der Waals surface area contributed by atoms with Gasteiger partial charge in [0.05, 0.1) is 12.0 Å². The van der Waals surface area contributed by atoms with Crippen LogP contribution in [0, 0.1) is 0 Å². The van der Waals surface area contributed by atoms with Gasteiger partial charge in [0.25, 0.3) is 0 Å². The lowest BCUT2D eigenvalue weighted by molar-refractivity contribution is 0.215. The molecule has 1 aliphatic heterocycles. The van der Waals surface area contributed by atoms with Crippen molar-refractivity contribution in [3.63, 3.8) is 0 Å². The molecule has 100 valence electrons. The molecule has 4 nitrogen and oxygen atoms in total. The molecule has 1 aliphatic rings. The van der Waals surface area contributed by atoms with Crippen molar-refractivity contribution < 1.29 is 9.15 Å². The highest BCUT2D eigenvalue weighted by Gasteiger charge is 2.10. The van der Waals surface area contributed by atoms with Crippen molar-refractivity contribution in [2.45, 2.75) is 20.8 Å². The molecule has 2 rings (SSSR count). The number of piperazine rings is 1. The van der Waals surface area contributed by atoms with Crippen LogP contribution in [-0.2, 0) is 4.74 Å². The van der Waals surface area contributed by atoms with Gasteiger partial charge in [-0.05, 0) is 13.0 Å².